The summed E-state index contributed by atoms with van der Waals surface area (Å²) in [6, 6.07) is 67.8. The molecule has 0 saturated carbocycles. The zero-order chi connectivity index (χ0) is 39.3. The van der Waals surface area contributed by atoms with Gasteiger partial charge >= 0.3 is 0 Å². The average molecular weight is 757 g/mol. The first kappa shape index (κ1) is 34.3. The van der Waals surface area contributed by atoms with Gasteiger partial charge in [0.2, 0.25) is 0 Å². The zero-order valence-corrected chi connectivity index (χ0v) is 32.1. The van der Waals surface area contributed by atoms with Crippen LogP contribution < -0.4 is 4.90 Å². The number of benzene rings is 8. The number of aromatic nitrogens is 4. The highest BCUT2D eigenvalue weighted by Crippen LogP contribution is 2.48. The minimum atomic E-state index is 0.633. The first-order valence-electron chi connectivity index (χ1n) is 19.8. The lowest BCUT2D eigenvalue weighted by molar-refractivity contribution is 0.961. The van der Waals surface area contributed by atoms with Crippen LogP contribution in [0.3, 0.4) is 0 Å². The summed E-state index contributed by atoms with van der Waals surface area (Å²) < 4.78 is 2.44. The normalized spacial score (nSPS) is 12.0. The molecule has 10 aromatic rings. The second kappa shape index (κ2) is 14.2. The second-order valence-corrected chi connectivity index (χ2v) is 14.8. The number of rotatable bonds is 7. The largest absolute Gasteiger partial charge is 0.335 e. The number of hydrogen-bond acceptors (Lipinski definition) is 5. The minimum Gasteiger partial charge on any atom is -0.335 e. The van der Waals surface area contributed by atoms with Crippen LogP contribution in [0.1, 0.15) is 5.56 Å². The Hall–Kier alpha value is -7.96. The summed E-state index contributed by atoms with van der Waals surface area (Å²) in [6.07, 6.45) is 0. The van der Waals surface area contributed by atoms with Gasteiger partial charge < -0.3 is 9.47 Å². The van der Waals surface area contributed by atoms with Crippen LogP contribution in [0.5, 0.6) is 0 Å². The van der Waals surface area contributed by atoms with E-state index in [4.69, 9.17) is 15.0 Å². The van der Waals surface area contributed by atoms with Crippen molar-refractivity contribution < 1.29 is 0 Å². The lowest BCUT2D eigenvalue weighted by Gasteiger charge is -2.34. The average Bonchev–Trinajstić information content (AvgIpc) is 3.66. The van der Waals surface area contributed by atoms with E-state index in [0.29, 0.717) is 24.0 Å². The van der Waals surface area contributed by atoms with Crippen LogP contribution >= 0.6 is 0 Å². The lowest BCUT2D eigenvalue weighted by Crippen LogP contribution is -2.22. The van der Waals surface area contributed by atoms with E-state index >= 15 is 0 Å². The van der Waals surface area contributed by atoms with Crippen molar-refractivity contribution in [2.45, 2.75) is 6.54 Å². The van der Waals surface area contributed by atoms with Crippen LogP contribution in [0.4, 0.5) is 17.1 Å². The Balaban J connectivity index is 1.03. The molecule has 59 heavy (non-hydrogen) atoms. The maximum atomic E-state index is 4.99. The van der Waals surface area contributed by atoms with Gasteiger partial charge in [-0.2, -0.15) is 0 Å². The molecule has 0 amide bonds. The molecule has 1 aliphatic rings. The van der Waals surface area contributed by atoms with Gasteiger partial charge in [-0.15, -0.1) is 0 Å². The number of fused-ring (bicyclic) bond motifs is 7. The molecule has 6 heteroatoms. The Morgan fingerprint density at radius 3 is 1.76 bits per heavy atom. The number of para-hydroxylation sites is 4. The van der Waals surface area contributed by atoms with Gasteiger partial charge in [0.05, 0.1) is 29.0 Å². The van der Waals surface area contributed by atoms with E-state index in [0.717, 1.165) is 50.6 Å². The van der Waals surface area contributed by atoms with Gasteiger partial charge in [0.25, 0.3) is 0 Å². The van der Waals surface area contributed by atoms with Gasteiger partial charge in [-0.25, -0.2) is 15.0 Å². The Kier molecular flexibility index (Phi) is 8.26. The van der Waals surface area contributed by atoms with Crippen molar-refractivity contribution in [2.75, 3.05) is 4.90 Å². The predicted octanol–water partition coefficient (Wildman–Crippen LogP) is 13.3. The van der Waals surface area contributed by atoms with Gasteiger partial charge in [-0.05, 0) is 65.9 Å². The summed E-state index contributed by atoms with van der Waals surface area (Å²) in [4.78, 5) is 21.7. The molecule has 11 rings (SSSR count). The molecule has 0 spiro atoms. The zero-order valence-electron chi connectivity index (χ0n) is 32.1. The van der Waals surface area contributed by atoms with Crippen LogP contribution in [0, 0.1) is 0 Å². The van der Waals surface area contributed by atoms with Crippen molar-refractivity contribution >= 4 is 45.6 Å². The molecular formula is C53H36N6. The second-order valence-electron chi connectivity index (χ2n) is 14.8. The van der Waals surface area contributed by atoms with Crippen molar-refractivity contribution in [3.05, 3.63) is 200 Å². The van der Waals surface area contributed by atoms with Crippen molar-refractivity contribution in [3.63, 3.8) is 0 Å². The Bertz CT molecular complexity index is 3150. The summed E-state index contributed by atoms with van der Waals surface area (Å²) in [6.45, 7) is 4.60. The van der Waals surface area contributed by atoms with E-state index in [1.807, 2.05) is 72.8 Å². The third kappa shape index (κ3) is 5.89. The first-order valence-corrected chi connectivity index (χ1v) is 19.8. The monoisotopic (exact) mass is 756 g/mol. The Morgan fingerprint density at radius 2 is 1.03 bits per heavy atom. The fraction of sp³-hybridized carbons (Fsp3) is 0.0189. The summed E-state index contributed by atoms with van der Waals surface area (Å²) in [5.41, 5.74) is 15.3. The van der Waals surface area contributed by atoms with Crippen molar-refractivity contribution in [2.24, 2.45) is 4.99 Å². The van der Waals surface area contributed by atoms with E-state index in [2.05, 4.69) is 143 Å². The van der Waals surface area contributed by atoms with E-state index in [-0.39, 0.29) is 0 Å². The molecule has 3 heterocycles. The fourth-order valence-corrected chi connectivity index (χ4v) is 8.61. The maximum Gasteiger partial charge on any atom is 0.164 e. The third-order valence-electron chi connectivity index (χ3n) is 11.4. The molecule has 2 aromatic heterocycles. The molecule has 0 fully saturated rings. The summed E-state index contributed by atoms with van der Waals surface area (Å²) in [7, 11) is 0. The molecule has 0 atom stereocenters. The van der Waals surface area contributed by atoms with Gasteiger partial charge in [0, 0.05) is 50.0 Å². The highest BCUT2D eigenvalue weighted by molar-refractivity contribution is 6.12. The minimum absolute atomic E-state index is 0.633. The molecule has 8 aromatic carbocycles. The van der Waals surface area contributed by atoms with E-state index in [9.17, 15) is 0 Å². The van der Waals surface area contributed by atoms with E-state index < -0.39 is 0 Å². The Labute approximate surface area is 342 Å². The molecule has 0 bridgehead atoms. The van der Waals surface area contributed by atoms with Crippen LogP contribution in [0.15, 0.2) is 199 Å². The van der Waals surface area contributed by atoms with Gasteiger partial charge in [0.15, 0.2) is 17.5 Å². The molecule has 278 valence electrons. The molecular weight excluding hydrogens is 721 g/mol. The highest BCUT2D eigenvalue weighted by atomic mass is 15.2. The standard InChI is InChI=1S/C53H36N6/c1-54-46-23-10-13-26-49(46)58-34-45-41(42-21-8-11-24-47(42)58)31-32-44-43-22-9-12-25-48(43)59(50(44)45)40-29-27-35(28-30-40)38-19-14-20-39(33-38)53-56-51(36-15-4-2-5-16-36)55-52(57-53)37-17-6-3-7-18-37/h2-33H,1,34H2. The number of anilines is 2. The predicted molar refractivity (Wildman–Crippen MR) is 243 cm³/mol. The van der Waals surface area contributed by atoms with Gasteiger partial charge in [-0.3, -0.25) is 4.99 Å². The van der Waals surface area contributed by atoms with Crippen molar-refractivity contribution in [3.8, 4) is 62.1 Å². The van der Waals surface area contributed by atoms with Crippen molar-refractivity contribution in [1.29, 1.82) is 0 Å². The SMILES string of the molecule is C=Nc1ccccc1N1Cc2c(ccc3c4ccccc4n(-c4ccc(-c5cccc(-c6nc(-c7ccccc7)nc(-c7ccccc7)n6)c5)cc4)c23)-c2ccccc21. The van der Waals surface area contributed by atoms with Crippen LogP contribution in [0.25, 0.3) is 83.9 Å². The molecule has 0 unspecified atom stereocenters. The Morgan fingerprint density at radius 1 is 0.441 bits per heavy atom. The van der Waals surface area contributed by atoms with E-state index in [1.54, 1.807) is 0 Å². The molecule has 0 N–H and O–H groups in total. The maximum absolute atomic E-state index is 4.99. The van der Waals surface area contributed by atoms with Crippen LogP contribution in [-0.4, -0.2) is 26.2 Å². The number of hydrogen-bond donors (Lipinski definition) is 0. The summed E-state index contributed by atoms with van der Waals surface area (Å²) >= 11 is 0. The quantitative estimate of drug-likeness (QED) is 0.152. The number of aliphatic imine (C=N–C) groups is 1. The topological polar surface area (TPSA) is 59.2 Å². The van der Waals surface area contributed by atoms with Gasteiger partial charge in [-0.1, -0.05) is 152 Å². The molecule has 0 saturated heterocycles. The third-order valence-corrected chi connectivity index (χ3v) is 11.4. The van der Waals surface area contributed by atoms with Crippen molar-refractivity contribution in [1.82, 2.24) is 19.5 Å². The van der Waals surface area contributed by atoms with Crippen LogP contribution in [0.2, 0.25) is 0 Å². The molecule has 1 aliphatic heterocycles. The number of nitrogens with zero attached hydrogens (tertiary/aromatic N) is 6. The smallest absolute Gasteiger partial charge is 0.164 e. The van der Waals surface area contributed by atoms with Gasteiger partial charge in [0.1, 0.15) is 0 Å². The summed E-state index contributed by atoms with van der Waals surface area (Å²) in [5, 5.41) is 2.45. The van der Waals surface area contributed by atoms with Crippen LogP contribution in [-0.2, 0) is 6.54 Å². The van der Waals surface area contributed by atoms with E-state index in [1.165, 1.54) is 38.5 Å². The highest BCUT2D eigenvalue weighted by Gasteiger charge is 2.28. The molecule has 0 radical (unpaired) electrons. The first-order chi connectivity index (χ1) is 29.2. The summed E-state index contributed by atoms with van der Waals surface area (Å²) in [5.74, 6) is 1.92. The molecule has 6 nitrogen and oxygen atoms in total. The lowest BCUT2D eigenvalue weighted by atomic mass is 9.91. The fourth-order valence-electron chi connectivity index (χ4n) is 8.61. The molecule has 0 aliphatic carbocycles.